The molecule has 0 aliphatic heterocycles. The lowest BCUT2D eigenvalue weighted by molar-refractivity contribution is -0.498. The Bertz CT molecular complexity index is 903. The Kier molecular flexibility index (Phi) is 3.98. The van der Waals surface area contributed by atoms with Gasteiger partial charge in [0.05, 0.1) is 0 Å². The van der Waals surface area contributed by atoms with Crippen LogP contribution in [0.3, 0.4) is 0 Å². The maximum atomic E-state index is 14.1. The number of nitro groups is 1. The highest BCUT2D eigenvalue weighted by Gasteiger charge is 2.62. The van der Waals surface area contributed by atoms with Crippen molar-refractivity contribution in [2.75, 3.05) is 6.54 Å². The molecule has 0 aliphatic carbocycles. The first kappa shape index (κ1) is 16.9. The Hall–Kier alpha value is -2.90. The van der Waals surface area contributed by atoms with Crippen LogP contribution in [0.15, 0.2) is 54.6 Å². The van der Waals surface area contributed by atoms with Gasteiger partial charge >= 0.3 is 6.18 Å². The quantitative estimate of drug-likeness (QED) is 0.429. The van der Waals surface area contributed by atoms with Crippen LogP contribution in [0.4, 0.5) is 17.6 Å². The zero-order valence-corrected chi connectivity index (χ0v) is 12.7. The Labute approximate surface area is 139 Å². The minimum Gasteiger partial charge on any atom is -0.357 e. The molecule has 0 amide bonds. The number of fused-ring (bicyclic) bond motifs is 1. The third kappa shape index (κ3) is 2.84. The summed E-state index contributed by atoms with van der Waals surface area (Å²) in [6.45, 7) is -1.45. The SMILES string of the molecule is O=[N+]([O-])CC(c1cccc(F)c1)(c1cc2ccccc2[nH]1)C(F)(F)F. The number of aromatic nitrogens is 1. The van der Waals surface area contributed by atoms with Crippen molar-refractivity contribution in [3.05, 3.63) is 81.8 Å². The molecule has 0 saturated heterocycles. The van der Waals surface area contributed by atoms with Gasteiger partial charge in [-0.2, -0.15) is 13.2 Å². The zero-order valence-electron chi connectivity index (χ0n) is 12.7. The summed E-state index contributed by atoms with van der Waals surface area (Å²) in [6, 6.07) is 11.5. The molecule has 130 valence electrons. The number of hydrogen-bond donors (Lipinski definition) is 1. The van der Waals surface area contributed by atoms with Crippen LogP contribution >= 0.6 is 0 Å². The lowest BCUT2D eigenvalue weighted by Crippen LogP contribution is -2.49. The van der Waals surface area contributed by atoms with E-state index in [-0.39, 0.29) is 0 Å². The minimum absolute atomic E-state index is 0.400. The predicted octanol–water partition coefficient (Wildman–Crippen LogP) is 4.43. The van der Waals surface area contributed by atoms with Crippen LogP contribution in [0, 0.1) is 15.9 Å². The molecule has 1 aromatic heterocycles. The van der Waals surface area contributed by atoms with Crippen molar-refractivity contribution in [2.24, 2.45) is 0 Å². The molecule has 0 spiro atoms. The van der Waals surface area contributed by atoms with Crippen molar-refractivity contribution in [1.29, 1.82) is 0 Å². The minimum atomic E-state index is -5.02. The van der Waals surface area contributed by atoms with Crippen LogP contribution in [0.25, 0.3) is 10.9 Å². The van der Waals surface area contributed by atoms with Crippen molar-refractivity contribution in [1.82, 2.24) is 4.98 Å². The summed E-state index contributed by atoms with van der Waals surface area (Å²) in [5.41, 5.74) is -3.50. The first-order valence-corrected chi connectivity index (χ1v) is 7.27. The van der Waals surface area contributed by atoms with Gasteiger partial charge in [-0.15, -0.1) is 0 Å². The van der Waals surface area contributed by atoms with Crippen molar-refractivity contribution in [3.63, 3.8) is 0 Å². The van der Waals surface area contributed by atoms with E-state index in [1.54, 1.807) is 24.3 Å². The molecule has 1 N–H and O–H groups in total. The van der Waals surface area contributed by atoms with Gasteiger partial charge in [-0.25, -0.2) is 4.39 Å². The van der Waals surface area contributed by atoms with Gasteiger partial charge in [0.25, 0.3) is 0 Å². The summed E-state index contributed by atoms with van der Waals surface area (Å²) < 4.78 is 56.0. The number of hydrogen-bond acceptors (Lipinski definition) is 2. The summed E-state index contributed by atoms with van der Waals surface area (Å²) in [6.07, 6.45) is -5.02. The summed E-state index contributed by atoms with van der Waals surface area (Å²) >= 11 is 0. The summed E-state index contributed by atoms with van der Waals surface area (Å²) in [4.78, 5) is 12.7. The summed E-state index contributed by atoms with van der Waals surface area (Å²) in [5.74, 6) is -0.898. The number of aromatic amines is 1. The Balaban J connectivity index is 2.35. The average Bonchev–Trinajstić information content (AvgIpc) is 2.95. The third-order valence-electron chi connectivity index (χ3n) is 4.16. The molecule has 4 nitrogen and oxygen atoms in total. The van der Waals surface area contributed by atoms with E-state index in [1.165, 1.54) is 6.07 Å². The van der Waals surface area contributed by atoms with Crippen molar-refractivity contribution in [3.8, 4) is 0 Å². The molecule has 0 fully saturated rings. The fraction of sp³-hybridized carbons (Fsp3) is 0.176. The Morgan fingerprint density at radius 3 is 2.36 bits per heavy atom. The van der Waals surface area contributed by atoms with Gasteiger partial charge in [-0.05, 0) is 35.2 Å². The molecular formula is C17H12F4N2O2. The average molecular weight is 352 g/mol. The highest BCUT2D eigenvalue weighted by molar-refractivity contribution is 5.81. The smallest absolute Gasteiger partial charge is 0.357 e. The molecule has 1 unspecified atom stereocenters. The van der Waals surface area contributed by atoms with E-state index in [1.807, 2.05) is 0 Å². The number of nitrogens with one attached hydrogen (secondary N) is 1. The highest BCUT2D eigenvalue weighted by atomic mass is 19.4. The monoisotopic (exact) mass is 352 g/mol. The van der Waals surface area contributed by atoms with Gasteiger partial charge in [0, 0.05) is 16.1 Å². The fourth-order valence-corrected chi connectivity index (χ4v) is 2.99. The maximum Gasteiger partial charge on any atom is 0.410 e. The highest BCUT2D eigenvalue weighted by Crippen LogP contribution is 2.47. The zero-order chi connectivity index (χ0) is 18.2. The molecule has 0 radical (unpaired) electrons. The number of rotatable bonds is 4. The first-order valence-electron chi connectivity index (χ1n) is 7.27. The number of benzene rings is 2. The molecule has 8 heteroatoms. The van der Waals surface area contributed by atoms with E-state index in [0.717, 1.165) is 18.2 Å². The van der Waals surface area contributed by atoms with Crippen molar-refractivity contribution >= 4 is 10.9 Å². The molecule has 25 heavy (non-hydrogen) atoms. The fourth-order valence-electron chi connectivity index (χ4n) is 2.99. The molecule has 1 atom stereocenters. The predicted molar refractivity (Wildman–Crippen MR) is 83.4 cm³/mol. The molecular weight excluding hydrogens is 340 g/mol. The molecule has 2 aromatic carbocycles. The van der Waals surface area contributed by atoms with Gasteiger partial charge < -0.3 is 4.98 Å². The molecule has 0 bridgehead atoms. The first-order chi connectivity index (χ1) is 11.7. The van der Waals surface area contributed by atoms with Crippen LogP contribution in [0.1, 0.15) is 11.3 Å². The number of halogens is 4. The number of H-pyrrole nitrogens is 1. The largest absolute Gasteiger partial charge is 0.410 e. The lowest BCUT2D eigenvalue weighted by Gasteiger charge is -2.32. The summed E-state index contributed by atoms with van der Waals surface area (Å²) in [7, 11) is 0. The van der Waals surface area contributed by atoms with E-state index < -0.39 is 40.1 Å². The van der Waals surface area contributed by atoms with Gasteiger partial charge in [0.2, 0.25) is 6.54 Å². The number of nitrogens with zero attached hydrogens (tertiary/aromatic N) is 1. The van der Waals surface area contributed by atoms with Gasteiger partial charge in [-0.1, -0.05) is 30.3 Å². The molecule has 3 rings (SSSR count). The summed E-state index contributed by atoms with van der Waals surface area (Å²) in [5, 5.41) is 11.6. The Morgan fingerprint density at radius 2 is 1.76 bits per heavy atom. The van der Waals surface area contributed by atoms with E-state index in [9.17, 15) is 27.7 Å². The second kappa shape index (κ2) is 5.87. The van der Waals surface area contributed by atoms with Crippen LogP contribution < -0.4 is 0 Å². The van der Waals surface area contributed by atoms with Gasteiger partial charge in [0.1, 0.15) is 5.82 Å². The van der Waals surface area contributed by atoms with Crippen LogP contribution in [-0.4, -0.2) is 22.6 Å². The van der Waals surface area contributed by atoms with Gasteiger partial charge in [-0.3, -0.25) is 10.1 Å². The Morgan fingerprint density at radius 1 is 1.04 bits per heavy atom. The van der Waals surface area contributed by atoms with E-state index in [2.05, 4.69) is 4.98 Å². The molecule has 0 aliphatic rings. The van der Waals surface area contributed by atoms with Crippen molar-refractivity contribution < 1.29 is 22.5 Å². The molecule has 1 heterocycles. The molecule has 0 saturated carbocycles. The maximum absolute atomic E-state index is 14.1. The van der Waals surface area contributed by atoms with Crippen molar-refractivity contribution in [2.45, 2.75) is 11.6 Å². The van der Waals surface area contributed by atoms with Crippen LogP contribution in [0.5, 0.6) is 0 Å². The van der Waals surface area contributed by atoms with E-state index in [4.69, 9.17) is 0 Å². The second-order valence-electron chi connectivity index (χ2n) is 5.67. The lowest BCUT2D eigenvalue weighted by atomic mass is 9.76. The van der Waals surface area contributed by atoms with E-state index in [0.29, 0.717) is 17.0 Å². The van der Waals surface area contributed by atoms with E-state index >= 15 is 0 Å². The molecule has 3 aromatic rings. The normalized spacial score (nSPS) is 14.4. The number of para-hydroxylation sites is 1. The van der Waals surface area contributed by atoms with Crippen LogP contribution in [0.2, 0.25) is 0 Å². The van der Waals surface area contributed by atoms with Gasteiger partial charge in [0.15, 0.2) is 5.41 Å². The topological polar surface area (TPSA) is 58.9 Å². The standard InChI is InChI=1S/C17H12F4N2O2/c18-13-6-3-5-12(9-13)16(10-23(24)25,17(19,20)21)15-8-11-4-1-2-7-14(11)22-15/h1-9,22H,10H2. The second-order valence-corrected chi connectivity index (χ2v) is 5.67. The number of alkyl halides is 3. The van der Waals surface area contributed by atoms with Crippen LogP contribution in [-0.2, 0) is 5.41 Å². The third-order valence-corrected chi connectivity index (χ3v) is 4.16.